The Bertz CT molecular complexity index is 891. The molecule has 0 saturated carbocycles. The lowest BCUT2D eigenvalue weighted by Crippen LogP contribution is -2.42. The largest absolute Gasteiger partial charge is 0.390 e. The van der Waals surface area contributed by atoms with Gasteiger partial charge >= 0.3 is 0 Å². The number of anilines is 1. The van der Waals surface area contributed by atoms with Gasteiger partial charge in [0.1, 0.15) is 0 Å². The van der Waals surface area contributed by atoms with Gasteiger partial charge in [0, 0.05) is 44.0 Å². The first-order chi connectivity index (χ1) is 15.1. The minimum absolute atomic E-state index is 0.0939. The second-order valence-corrected chi connectivity index (χ2v) is 8.38. The molecule has 7 nitrogen and oxygen atoms in total. The molecule has 0 bridgehead atoms. The van der Waals surface area contributed by atoms with Crippen molar-refractivity contribution in [2.75, 3.05) is 38.2 Å². The predicted molar refractivity (Wildman–Crippen MR) is 119 cm³/mol. The highest BCUT2D eigenvalue weighted by Gasteiger charge is 2.24. The van der Waals surface area contributed by atoms with E-state index in [1.807, 2.05) is 18.2 Å². The maximum Gasteiger partial charge on any atom is 0.251 e. The monoisotopic (exact) mass is 425 g/mol. The van der Waals surface area contributed by atoms with Gasteiger partial charge in [-0.2, -0.15) is 0 Å². The first-order valence-electron chi connectivity index (χ1n) is 11.0. The van der Waals surface area contributed by atoms with Crippen LogP contribution in [-0.4, -0.2) is 72.1 Å². The molecular weight excluding hydrogens is 394 g/mol. The molecule has 2 aliphatic rings. The molecule has 0 aliphatic carbocycles. The van der Waals surface area contributed by atoms with Gasteiger partial charge in [0.15, 0.2) is 0 Å². The average Bonchev–Trinajstić information content (AvgIpc) is 2.79. The summed E-state index contributed by atoms with van der Waals surface area (Å²) >= 11 is 0. The second kappa shape index (κ2) is 10.2. The van der Waals surface area contributed by atoms with Crippen molar-refractivity contribution in [3.63, 3.8) is 0 Å². The van der Waals surface area contributed by atoms with Crippen LogP contribution in [0.1, 0.15) is 27.9 Å². The summed E-state index contributed by atoms with van der Waals surface area (Å²) in [7, 11) is 0. The van der Waals surface area contributed by atoms with E-state index in [0.29, 0.717) is 31.7 Å². The standard InChI is InChI=1S/C24H31N3O4/c28-21(15-27-10-8-17-4-1-2-5-19(17)14-27)13-25-24(30)18-6-3-7-20(12-18)26-22-9-11-31-16-23(22)29/h1-7,12,21-23,26,28-29H,8-11,13-16H2,(H,25,30). The Morgan fingerprint density at radius 1 is 1.19 bits per heavy atom. The Morgan fingerprint density at radius 2 is 2.03 bits per heavy atom. The summed E-state index contributed by atoms with van der Waals surface area (Å²) in [5, 5.41) is 26.6. The first-order valence-corrected chi connectivity index (χ1v) is 11.0. The van der Waals surface area contributed by atoms with Crippen LogP contribution in [0.15, 0.2) is 48.5 Å². The van der Waals surface area contributed by atoms with Crippen LogP contribution in [-0.2, 0) is 17.7 Å². The molecule has 4 rings (SSSR count). The third-order valence-electron chi connectivity index (χ3n) is 5.98. The number of amides is 1. The van der Waals surface area contributed by atoms with Crippen molar-refractivity contribution in [2.45, 2.75) is 37.6 Å². The zero-order valence-electron chi connectivity index (χ0n) is 17.7. The maximum absolute atomic E-state index is 12.6. The van der Waals surface area contributed by atoms with Gasteiger partial charge in [0.05, 0.1) is 24.9 Å². The smallest absolute Gasteiger partial charge is 0.251 e. The minimum atomic E-state index is -0.632. The number of rotatable bonds is 7. The average molecular weight is 426 g/mol. The molecule has 1 fully saturated rings. The van der Waals surface area contributed by atoms with Gasteiger partial charge in [0.25, 0.3) is 5.91 Å². The van der Waals surface area contributed by atoms with Crippen molar-refractivity contribution in [1.29, 1.82) is 0 Å². The fourth-order valence-electron chi connectivity index (χ4n) is 4.24. The number of carbonyl (C=O) groups excluding carboxylic acids is 1. The van der Waals surface area contributed by atoms with E-state index in [9.17, 15) is 15.0 Å². The van der Waals surface area contributed by atoms with Crippen molar-refractivity contribution in [3.8, 4) is 0 Å². The topological polar surface area (TPSA) is 94.1 Å². The molecule has 0 spiro atoms. The fourth-order valence-corrected chi connectivity index (χ4v) is 4.24. The highest BCUT2D eigenvalue weighted by Crippen LogP contribution is 2.19. The molecule has 31 heavy (non-hydrogen) atoms. The van der Waals surface area contributed by atoms with E-state index in [0.717, 1.165) is 25.2 Å². The second-order valence-electron chi connectivity index (χ2n) is 8.38. The zero-order valence-corrected chi connectivity index (χ0v) is 17.7. The van der Waals surface area contributed by atoms with Crippen molar-refractivity contribution in [1.82, 2.24) is 10.2 Å². The van der Waals surface area contributed by atoms with Crippen LogP contribution in [0.3, 0.4) is 0 Å². The summed E-state index contributed by atoms with van der Waals surface area (Å²) in [5.41, 5.74) is 3.99. The van der Waals surface area contributed by atoms with Crippen molar-refractivity contribution >= 4 is 11.6 Å². The van der Waals surface area contributed by atoms with Gasteiger partial charge in [-0.1, -0.05) is 30.3 Å². The summed E-state index contributed by atoms with van der Waals surface area (Å²) in [4.78, 5) is 14.8. The third-order valence-corrected chi connectivity index (χ3v) is 5.98. The molecule has 2 aromatic rings. The Morgan fingerprint density at radius 3 is 2.87 bits per heavy atom. The van der Waals surface area contributed by atoms with Crippen LogP contribution in [0.2, 0.25) is 0 Å². The van der Waals surface area contributed by atoms with Crippen LogP contribution in [0, 0.1) is 0 Å². The molecule has 4 N–H and O–H groups in total. The van der Waals surface area contributed by atoms with E-state index in [1.165, 1.54) is 11.1 Å². The first kappa shape index (κ1) is 21.8. The van der Waals surface area contributed by atoms with Gasteiger partial charge in [-0.25, -0.2) is 0 Å². The molecule has 3 atom stereocenters. The summed E-state index contributed by atoms with van der Waals surface area (Å²) < 4.78 is 5.26. The van der Waals surface area contributed by atoms with E-state index < -0.39 is 12.2 Å². The number of aliphatic hydroxyl groups is 2. The number of hydrogen-bond acceptors (Lipinski definition) is 6. The number of β-amino-alcohol motifs (C(OH)–C–C–N with tert-alkyl or cyclic N) is 1. The molecule has 1 saturated heterocycles. The molecule has 2 aliphatic heterocycles. The number of hydrogen-bond donors (Lipinski definition) is 4. The Kier molecular flexibility index (Phi) is 7.19. The summed E-state index contributed by atoms with van der Waals surface area (Å²) in [6.07, 6.45) is 0.498. The normalized spacial score (nSPS) is 22.4. The number of ether oxygens (including phenoxy) is 1. The van der Waals surface area contributed by atoms with E-state index >= 15 is 0 Å². The number of nitrogens with zero attached hydrogens (tertiary/aromatic N) is 1. The third kappa shape index (κ3) is 5.83. The Labute approximate surface area is 183 Å². The number of nitrogens with one attached hydrogen (secondary N) is 2. The van der Waals surface area contributed by atoms with Gasteiger partial charge in [-0.3, -0.25) is 9.69 Å². The maximum atomic E-state index is 12.6. The molecule has 166 valence electrons. The van der Waals surface area contributed by atoms with E-state index in [2.05, 4.69) is 33.7 Å². The van der Waals surface area contributed by atoms with Crippen LogP contribution in [0.25, 0.3) is 0 Å². The molecule has 1 amide bonds. The van der Waals surface area contributed by atoms with E-state index in [4.69, 9.17) is 4.74 Å². The summed E-state index contributed by atoms with van der Waals surface area (Å²) in [5.74, 6) is -0.223. The number of carbonyl (C=O) groups is 1. The molecule has 2 aromatic carbocycles. The van der Waals surface area contributed by atoms with E-state index in [1.54, 1.807) is 12.1 Å². The summed E-state index contributed by atoms with van der Waals surface area (Å²) in [6.45, 7) is 3.39. The number of fused-ring (bicyclic) bond motifs is 1. The SMILES string of the molecule is O=C(NCC(O)CN1CCc2ccccc2C1)c1cccc(NC2CCOCC2O)c1. The van der Waals surface area contributed by atoms with Crippen LogP contribution in [0.5, 0.6) is 0 Å². The lowest BCUT2D eigenvalue weighted by Gasteiger charge is -2.30. The van der Waals surface area contributed by atoms with Crippen LogP contribution >= 0.6 is 0 Å². The highest BCUT2D eigenvalue weighted by atomic mass is 16.5. The molecule has 3 unspecified atom stereocenters. The molecule has 0 radical (unpaired) electrons. The van der Waals surface area contributed by atoms with Crippen molar-refractivity contribution in [2.24, 2.45) is 0 Å². The van der Waals surface area contributed by atoms with Crippen LogP contribution < -0.4 is 10.6 Å². The molecular formula is C24H31N3O4. The lowest BCUT2D eigenvalue weighted by molar-refractivity contribution is -0.0134. The Balaban J connectivity index is 1.26. The highest BCUT2D eigenvalue weighted by molar-refractivity contribution is 5.95. The van der Waals surface area contributed by atoms with Gasteiger partial charge in [0.2, 0.25) is 0 Å². The van der Waals surface area contributed by atoms with E-state index in [-0.39, 0.29) is 18.5 Å². The predicted octanol–water partition coefficient (Wildman–Crippen LogP) is 1.40. The lowest BCUT2D eigenvalue weighted by atomic mass is 10.00. The quantitative estimate of drug-likeness (QED) is 0.536. The number of benzene rings is 2. The van der Waals surface area contributed by atoms with Gasteiger partial charge < -0.3 is 25.6 Å². The minimum Gasteiger partial charge on any atom is -0.390 e. The van der Waals surface area contributed by atoms with Gasteiger partial charge in [-0.05, 0) is 42.2 Å². The Hall–Kier alpha value is -2.45. The molecule has 0 aromatic heterocycles. The van der Waals surface area contributed by atoms with Crippen molar-refractivity contribution in [3.05, 3.63) is 65.2 Å². The summed E-state index contributed by atoms with van der Waals surface area (Å²) in [6, 6.07) is 15.5. The zero-order chi connectivity index (χ0) is 21.6. The number of aliphatic hydroxyl groups excluding tert-OH is 2. The molecule has 2 heterocycles. The van der Waals surface area contributed by atoms with Crippen LogP contribution in [0.4, 0.5) is 5.69 Å². The fraction of sp³-hybridized carbons (Fsp3) is 0.458. The van der Waals surface area contributed by atoms with Crippen molar-refractivity contribution < 1.29 is 19.7 Å². The molecule has 7 heteroatoms. The van der Waals surface area contributed by atoms with Gasteiger partial charge in [-0.15, -0.1) is 0 Å².